The molecule has 1 aromatic carbocycles. The highest BCUT2D eigenvalue weighted by molar-refractivity contribution is 5.95. The highest BCUT2D eigenvalue weighted by Crippen LogP contribution is 2.42. The highest BCUT2D eigenvalue weighted by atomic mass is 16.5. The van der Waals surface area contributed by atoms with Gasteiger partial charge in [-0.05, 0) is 71.2 Å². The standard InChI is InChI=1S/C33H44N10O2/c1-6-27-30-26(18-34)36-20-42(30)28-19-35-33(39-31(28)43(27)21(2)3)38-25-12-7-22(17-29(25)45-5)32(44)37-23-8-10-24(11-9-23)41-15-13-40(4)14-16-41/h7,12,17,19-21,23-24,27H,6,8-11,13-16H2,1-5H3,(H,37,44)(H,35,38,39)/t23?,24?,27-/m1/s1. The Balaban J connectivity index is 1.15. The summed E-state index contributed by atoms with van der Waals surface area (Å²) in [6.07, 6.45) is 8.47. The SMILES string of the molecule is CC[C@@H]1c2c(C#N)ncn2-c2cnc(Nc3ccc(C(=O)NC4CCC(N5CCN(C)CC5)CC4)cc3OC)nc2N1C(C)C. The highest BCUT2D eigenvalue weighted by Gasteiger charge is 2.36. The van der Waals surface area contributed by atoms with E-state index in [2.05, 4.69) is 69.2 Å². The summed E-state index contributed by atoms with van der Waals surface area (Å²) < 4.78 is 7.62. The van der Waals surface area contributed by atoms with Gasteiger partial charge in [0.15, 0.2) is 11.5 Å². The Kier molecular flexibility index (Phi) is 8.92. The number of fused-ring (bicyclic) bond motifs is 3. The number of hydrogen-bond donors (Lipinski definition) is 2. The van der Waals surface area contributed by atoms with Gasteiger partial charge in [-0.25, -0.2) is 9.97 Å². The third-order valence-corrected chi connectivity index (χ3v) is 9.56. The third-order valence-electron chi connectivity index (χ3n) is 9.56. The molecule has 6 rings (SSSR count). The van der Waals surface area contributed by atoms with Crippen molar-refractivity contribution in [1.29, 1.82) is 5.26 Å². The largest absolute Gasteiger partial charge is 0.495 e. The van der Waals surface area contributed by atoms with Crippen LogP contribution in [0.2, 0.25) is 0 Å². The summed E-state index contributed by atoms with van der Waals surface area (Å²) in [5, 5.41) is 16.3. The lowest BCUT2D eigenvalue weighted by atomic mass is 9.89. The van der Waals surface area contributed by atoms with E-state index in [0.717, 1.165) is 75.5 Å². The fourth-order valence-corrected chi connectivity index (χ4v) is 7.11. The van der Waals surface area contributed by atoms with Gasteiger partial charge in [0.1, 0.15) is 23.8 Å². The summed E-state index contributed by atoms with van der Waals surface area (Å²) in [7, 11) is 3.78. The topological polar surface area (TPSA) is 127 Å². The molecule has 0 unspecified atom stereocenters. The Morgan fingerprint density at radius 3 is 2.56 bits per heavy atom. The number of methoxy groups -OCH3 is 1. The molecule has 1 aliphatic carbocycles. The lowest BCUT2D eigenvalue weighted by Gasteiger charge is -2.41. The van der Waals surface area contributed by atoms with Gasteiger partial charge < -0.3 is 25.2 Å². The normalized spacial score (nSPS) is 22.0. The second-order valence-electron chi connectivity index (χ2n) is 12.6. The maximum Gasteiger partial charge on any atom is 0.251 e. The molecule has 1 amide bonds. The molecule has 3 aromatic rings. The van der Waals surface area contributed by atoms with Crippen LogP contribution >= 0.6 is 0 Å². The van der Waals surface area contributed by atoms with E-state index in [1.807, 2.05) is 16.7 Å². The van der Waals surface area contributed by atoms with Gasteiger partial charge in [0.25, 0.3) is 5.91 Å². The van der Waals surface area contributed by atoms with Crippen LogP contribution in [0.4, 0.5) is 17.5 Å². The van der Waals surface area contributed by atoms with Gasteiger partial charge in [0.05, 0.1) is 30.7 Å². The molecule has 45 heavy (non-hydrogen) atoms. The molecule has 12 heteroatoms. The summed E-state index contributed by atoms with van der Waals surface area (Å²) in [4.78, 5) is 34.4. The summed E-state index contributed by atoms with van der Waals surface area (Å²) in [6, 6.07) is 8.54. The molecule has 12 nitrogen and oxygen atoms in total. The zero-order chi connectivity index (χ0) is 31.7. The van der Waals surface area contributed by atoms with Crippen molar-refractivity contribution in [3.8, 4) is 17.5 Å². The van der Waals surface area contributed by atoms with Gasteiger partial charge in [0.2, 0.25) is 5.95 Å². The molecular weight excluding hydrogens is 568 g/mol. The molecule has 1 atom stereocenters. The van der Waals surface area contributed by atoms with Crippen LogP contribution < -0.4 is 20.3 Å². The number of nitriles is 1. The van der Waals surface area contributed by atoms with Crippen LogP contribution in [-0.2, 0) is 0 Å². The zero-order valence-electron chi connectivity index (χ0n) is 27.0. The molecular formula is C33H44N10O2. The molecule has 2 fully saturated rings. The number of likely N-dealkylation sites (N-methyl/N-ethyl adjacent to an activating group) is 1. The Hall–Kier alpha value is -4.21. The molecule has 3 aliphatic rings. The van der Waals surface area contributed by atoms with E-state index in [0.29, 0.717) is 34.7 Å². The van der Waals surface area contributed by atoms with Crippen LogP contribution in [0.15, 0.2) is 30.7 Å². The number of hydrogen-bond acceptors (Lipinski definition) is 10. The van der Waals surface area contributed by atoms with Crippen molar-refractivity contribution in [3.05, 3.63) is 47.7 Å². The summed E-state index contributed by atoms with van der Waals surface area (Å²) in [5.41, 5.74) is 3.29. The molecule has 2 aromatic heterocycles. The van der Waals surface area contributed by atoms with E-state index in [4.69, 9.17) is 9.72 Å². The molecule has 1 saturated carbocycles. The first-order chi connectivity index (χ1) is 21.8. The predicted octanol–water partition coefficient (Wildman–Crippen LogP) is 4.25. The number of imidazole rings is 1. The van der Waals surface area contributed by atoms with Gasteiger partial charge in [-0.3, -0.25) is 14.3 Å². The fraction of sp³-hybridized carbons (Fsp3) is 0.545. The van der Waals surface area contributed by atoms with Crippen molar-refractivity contribution in [2.24, 2.45) is 0 Å². The Morgan fingerprint density at radius 2 is 1.89 bits per heavy atom. The van der Waals surface area contributed by atoms with Gasteiger partial charge in [-0.15, -0.1) is 0 Å². The zero-order valence-corrected chi connectivity index (χ0v) is 27.0. The molecule has 1 saturated heterocycles. The minimum atomic E-state index is -0.0843. The Morgan fingerprint density at radius 1 is 1.13 bits per heavy atom. The molecule has 4 heterocycles. The van der Waals surface area contributed by atoms with E-state index < -0.39 is 0 Å². The Bertz CT molecular complexity index is 1560. The molecule has 0 radical (unpaired) electrons. The van der Waals surface area contributed by atoms with Crippen LogP contribution in [0, 0.1) is 11.3 Å². The first kappa shape index (κ1) is 30.8. The number of nitrogens with zero attached hydrogens (tertiary/aromatic N) is 8. The lowest BCUT2D eigenvalue weighted by Crippen LogP contribution is -2.51. The fourth-order valence-electron chi connectivity index (χ4n) is 7.11. The number of piperazine rings is 1. The summed E-state index contributed by atoms with van der Waals surface area (Å²) in [5.74, 6) is 1.62. The third kappa shape index (κ3) is 6.07. The smallest absolute Gasteiger partial charge is 0.251 e. The Labute approximate surface area is 265 Å². The monoisotopic (exact) mass is 612 g/mol. The first-order valence-corrected chi connectivity index (χ1v) is 16.1. The number of nitrogens with one attached hydrogen (secondary N) is 2. The van der Waals surface area contributed by atoms with Crippen LogP contribution in [0.25, 0.3) is 5.69 Å². The van der Waals surface area contributed by atoms with Crippen LogP contribution in [-0.4, -0.2) is 93.7 Å². The number of anilines is 3. The number of amides is 1. The maximum absolute atomic E-state index is 13.3. The summed E-state index contributed by atoms with van der Waals surface area (Å²) >= 11 is 0. The van der Waals surface area contributed by atoms with E-state index in [-0.39, 0.29) is 24.0 Å². The van der Waals surface area contributed by atoms with E-state index in [9.17, 15) is 10.1 Å². The van der Waals surface area contributed by atoms with Crippen molar-refractivity contribution in [2.45, 2.75) is 77.0 Å². The number of benzene rings is 1. The molecule has 2 aliphatic heterocycles. The van der Waals surface area contributed by atoms with E-state index in [1.165, 1.54) is 0 Å². The van der Waals surface area contributed by atoms with Crippen LogP contribution in [0.1, 0.15) is 80.7 Å². The lowest BCUT2D eigenvalue weighted by molar-refractivity contribution is 0.0790. The van der Waals surface area contributed by atoms with Gasteiger partial charge in [0, 0.05) is 49.9 Å². The number of ether oxygens (including phenoxy) is 1. The minimum absolute atomic E-state index is 0.0495. The molecule has 2 N–H and O–H groups in total. The van der Waals surface area contributed by atoms with Crippen molar-refractivity contribution >= 4 is 23.4 Å². The van der Waals surface area contributed by atoms with E-state index >= 15 is 0 Å². The van der Waals surface area contributed by atoms with Gasteiger partial charge >= 0.3 is 0 Å². The summed E-state index contributed by atoms with van der Waals surface area (Å²) in [6.45, 7) is 10.9. The second-order valence-corrected chi connectivity index (χ2v) is 12.6. The minimum Gasteiger partial charge on any atom is -0.495 e. The average molecular weight is 613 g/mol. The van der Waals surface area contributed by atoms with Crippen molar-refractivity contribution in [2.75, 3.05) is 50.6 Å². The van der Waals surface area contributed by atoms with Crippen LogP contribution in [0.5, 0.6) is 5.75 Å². The molecule has 0 bridgehead atoms. The van der Waals surface area contributed by atoms with Crippen LogP contribution in [0.3, 0.4) is 0 Å². The van der Waals surface area contributed by atoms with Gasteiger partial charge in [-0.1, -0.05) is 6.92 Å². The van der Waals surface area contributed by atoms with Crippen molar-refractivity contribution < 1.29 is 9.53 Å². The number of aromatic nitrogens is 4. The molecule has 0 spiro atoms. The predicted molar refractivity (Wildman–Crippen MR) is 173 cm³/mol. The van der Waals surface area contributed by atoms with Crippen molar-refractivity contribution in [3.63, 3.8) is 0 Å². The number of carbonyl (C=O) groups is 1. The number of carbonyl (C=O) groups excluding carboxylic acids is 1. The van der Waals surface area contributed by atoms with E-state index in [1.54, 1.807) is 25.7 Å². The number of rotatable bonds is 8. The quantitative estimate of drug-likeness (QED) is 0.381. The maximum atomic E-state index is 13.3. The van der Waals surface area contributed by atoms with Crippen molar-refractivity contribution in [1.82, 2.24) is 34.6 Å². The first-order valence-electron chi connectivity index (χ1n) is 16.1. The average Bonchev–Trinajstić information content (AvgIpc) is 3.49. The molecule has 238 valence electrons. The van der Waals surface area contributed by atoms with Gasteiger partial charge in [-0.2, -0.15) is 10.2 Å². The second kappa shape index (κ2) is 13.0.